The number of para-hydroxylation sites is 1. The molecule has 0 unspecified atom stereocenters. The standard InChI is InChI=1S/C22H21FN4O3/c23-19-7-3-1-6-18(19)22(29)25-24-13-16-14-27(20-8-4-2-5-17(16)20)15-21(28)26-9-11-30-12-10-26/h1-8,13-14H,9-12,15H2,(H,25,29)/b24-13+. The van der Waals surface area contributed by atoms with Gasteiger partial charge in [-0.05, 0) is 18.2 Å². The number of rotatable bonds is 5. The van der Waals surface area contributed by atoms with Gasteiger partial charge in [-0.1, -0.05) is 30.3 Å². The highest BCUT2D eigenvalue weighted by atomic mass is 19.1. The van der Waals surface area contributed by atoms with Gasteiger partial charge < -0.3 is 14.2 Å². The number of hydrogen-bond acceptors (Lipinski definition) is 4. The van der Waals surface area contributed by atoms with Gasteiger partial charge in [-0.3, -0.25) is 9.59 Å². The summed E-state index contributed by atoms with van der Waals surface area (Å²) in [4.78, 5) is 26.5. The van der Waals surface area contributed by atoms with E-state index in [1.54, 1.807) is 11.0 Å². The number of nitrogens with zero attached hydrogens (tertiary/aromatic N) is 3. The number of fused-ring (bicyclic) bond motifs is 1. The van der Waals surface area contributed by atoms with Crippen molar-refractivity contribution in [1.29, 1.82) is 0 Å². The van der Waals surface area contributed by atoms with Crippen LogP contribution >= 0.6 is 0 Å². The van der Waals surface area contributed by atoms with Crippen molar-refractivity contribution in [3.63, 3.8) is 0 Å². The quantitative estimate of drug-likeness (QED) is 0.520. The highest BCUT2D eigenvalue weighted by Crippen LogP contribution is 2.20. The third kappa shape index (κ3) is 4.23. The van der Waals surface area contributed by atoms with Gasteiger partial charge in [0.25, 0.3) is 5.91 Å². The minimum Gasteiger partial charge on any atom is -0.378 e. The van der Waals surface area contributed by atoms with Crippen molar-refractivity contribution in [1.82, 2.24) is 14.9 Å². The fourth-order valence-electron chi connectivity index (χ4n) is 3.43. The highest BCUT2D eigenvalue weighted by Gasteiger charge is 2.18. The Labute approximate surface area is 172 Å². The second-order valence-electron chi connectivity index (χ2n) is 6.90. The van der Waals surface area contributed by atoms with Gasteiger partial charge in [-0.15, -0.1) is 0 Å². The van der Waals surface area contributed by atoms with E-state index in [4.69, 9.17) is 4.74 Å². The zero-order valence-electron chi connectivity index (χ0n) is 16.3. The van der Waals surface area contributed by atoms with Crippen molar-refractivity contribution in [2.45, 2.75) is 6.54 Å². The molecule has 8 heteroatoms. The van der Waals surface area contributed by atoms with Crippen molar-refractivity contribution in [2.24, 2.45) is 5.10 Å². The SMILES string of the molecule is O=C(N/N=C/c1cn(CC(=O)N2CCOCC2)c2ccccc12)c1ccccc1F. The summed E-state index contributed by atoms with van der Waals surface area (Å²) in [6.45, 7) is 2.49. The molecule has 1 aliphatic heterocycles. The summed E-state index contributed by atoms with van der Waals surface area (Å²) in [7, 11) is 0. The van der Waals surface area contributed by atoms with E-state index in [0.717, 1.165) is 16.5 Å². The number of halogens is 1. The number of carbonyl (C=O) groups excluding carboxylic acids is 2. The Morgan fingerprint density at radius 3 is 2.63 bits per heavy atom. The predicted molar refractivity (Wildman–Crippen MR) is 111 cm³/mol. The van der Waals surface area contributed by atoms with Gasteiger partial charge in [0.2, 0.25) is 5.91 Å². The first kappa shape index (κ1) is 19.8. The van der Waals surface area contributed by atoms with Crippen molar-refractivity contribution >= 4 is 28.9 Å². The summed E-state index contributed by atoms with van der Waals surface area (Å²) >= 11 is 0. The molecule has 0 bridgehead atoms. The van der Waals surface area contributed by atoms with Crippen LogP contribution in [-0.2, 0) is 16.1 Å². The molecule has 0 radical (unpaired) electrons. The maximum Gasteiger partial charge on any atom is 0.274 e. The smallest absolute Gasteiger partial charge is 0.274 e. The minimum absolute atomic E-state index is 0.0235. The lowest BCUT2D eigenvalue weighted by Crippen LogP contribution is -2.42. The van der Waals surface area contributed by atoms with Crippen molar-refractivity contribution in [3.05, 3.63) is 71.7 Å². The van der Waals surface area contributed by atoms with Crippen LogP contribution in [0.4, 0.5) is 4.39 Å². The van der Waals surface area contributed by atoms with Gasteiger partial charge in [0, 0.05) is 35.8 Å². The maximum absolute atomic E-state index is 13.7. The Morgan fingerprint density at radius 2 is 1.83 bits per heavy atom. The van der Waals surface area contributed by atoms with E-state index in [2.05, 4.69) is 10.5 Å². The van der Waals surface area contributed by atoms with E-state index < -0.39 is 11.7 Å². The summed E-state index contributed by atoms with van der Waals surface area (Å²) in [5.41, 5.74) is 3.91. The molecule has 0 aliphatic carbocycles. The number of nitrogens with one attached hydrogen (secondary N) is 1. The van der Waals surface area contributed by atoms with Gasteiger partial charge in [0.05, 0.1) is 25.0 Å². The summed E-state index contributed by atoms with van der Waals surface area (Å²) in [5, 5.41) is 4.87. The molecule has 1 N–H and O–H groups in total. The Hall–Kier alpha value is -3.52. The van der Waals surface area contributed by atoms with Crippen molar-refractivity contribution in [2.75, 3.05) is 26.3 Å². The average molecular weight is 408 g/mol. The molecule has 0 atom stereocenters. The molecule has 1 aromatic heterocycles. The zero-order valence-corrected chi connectivity index (χ0v) is 16.3. The first-order valence-electron chi connectivity index (χ1n) is 9.65. The topological polar surface area (TPSA) is 75.9 Å². The predicted octanol–water partition coefficient (Wildman–Crippen LogP) is 2.40. The third-order valence-corrected chi connectivity index (χ3v) is 4.98. The van der Waals surface area contributed by atoms with Crippen LogP contribution in [0.25, 0.3) is 10.9 Å². The monoisotopic (exact) mass is 408 g/mol. The molecule has 1 fully saturated rings. The van der Waals surface area contributed by atoms with E-state index in [0.29, 0.717) is 26.3 Å². The van der Waals surface area contributed by atoms with Crippen LogP contribution in [0.3, 0.4) is 0 Å². The zero-order chi connectivity index (χ0) is 20.9. The van der Waals surface area contributed by atoms with Gasteiger partial charge in [0.15, 0.2) is 0 Å². The van der Waals surface area contributed by atoms with Gasteiger partial charge >= 0.3 is 0 Å². The van der Waals surface area contributed by atoms with Crippen molar-refractivity contribution in [3.8, 4) is 0 Å². The second kappa shape index (κ2) is 8.87. The molecule has 2 heterocycles. The van der Waals surface area contributed by atoms with Crippen LogP contribution in [0.1, 0.15) is 15.9 Å². The lowest BCUT2D eigenvalue weighted by Gasteiger charge is -2.27. The molecule has 154 valence electrons. The molecule has 4 rings (SSSR count). The number of morpholine rings is 1. The molecule has 7 nitrogen and oxygen atoms in total. The minimum atomic E-state index is -0.629. The summed E-state index contributed by atoms with van der Waals surface area (Å²) in [6, 6.07) is 13.4. The maximum atomic E-state index is 13.7. The van der Waals surface area contributed by atoms with E-state index in [-0.39, 0.29) is 18.0 Å². The number of aromatic nitrogens is 1. The molecule has 0 spiro atoms. The Kier molecular flexibility index (Phi) is 5.85. The Bertz CT molecular complexity index is 1100. The first-order chi connectivity index (χ1) is 14.6. The fourth-order valence-corrected chi connectivity index (χ4v) is 3.43. The number of ether oxygens (including phenoxy) is 1. The summed E-state index contributed by atoms with van der Waals surface area (Å²) in [5.74, 6) is -1.21. The number of benzene rings is 2. The molecule has 0 saturated carbocycles. The number of hydrazone groups is 1. The Balaban J connectivity index is 1.51. The molecule has 1 aliphatic rings. The molecule has 1 saturated heterocycles. The Morgan fingerprint density at radius 1 is 1.10 bits per heavy atom. The molecule has 30 heavy (non-hydrogen) atoms. The van der Waals surface area contributed by atoms with Gasteiger partial charge in [-0.25, -0.2) is 9.82 Å². The van der Waals surface area contributed by atoms with Crippen LogP contribution in [0.15, 0.2) is 59.8 Å². The average Bonchev–Trinajstić information content (AvgIpc) is 3.12. The first-order valence-corrected chi connectivity index (χ1v) is 9.65. The van der Waals surface area contributed by atoms with Crippen LogP contribution in [-0.4, -0.2) is 53.8 Å². The second-order valence-corrected chi connectivity index (χ2v) is 6.90. The highest BCUT2D eigenvalue weighted by molar-refractivity contribution is 6.01. The molecule has 2 amide bonds. The third-order valence-electron chi connectivity index (χ3n) is 4.98. The summed E-state index contributed by atoms with van der Waals surface area (Å²) < 4.78 is 20.9. The van der Waals surface area contributed by atoms with Crippen molar-refractivity contribution < 1.29 is 18.7 Å². The van der Waals surface area contributed by atoms with E-state index in [9.17, 15) is 14.0 Å². The van der Waals surface area contributed by atoms with Gasteiger partial charge in [-0.2, -0.15) is 5.10 Å². The fraction of sp³-hybridized carbons (Fsp3) is 0.227. The van der Waals surface area contributed by atoms with Crippen LogP contribution in [0, 0.1) is 5.82 Å². The number of amides is 2. The van der Waals surface area contributed by atoms with E-state index >= 15 is 0 Å². The molecular formula is C22H21FN4O3. The molecule has 2 aromatic carbocycles. The van der Waals surface area contributed by atoms with Crippen LogP contribution in [0.2, 0.25) is 0 Å². The normalized spacial score (nSPS) is 14.4. The lowest BCUT2D eigenvalue weighted by atomic mass is 10.2. The number of carbonyl (C=O) groups is 2. The lowest BCUT2D eigenvalue weighted by molar-refractivity contribution is -0.135. The van der Waals surface area contributed by atoms with Gasteiger partial charge in [0.1, 0.15) is 12.4 Å². The molecular weight excluding hydrogens is 387 g/mol. The van der Waals surface area contributed by atoms with Crippen LogP contribution in [0.5, 0.6) is 0 Å². The number of hydrogen-bond donors (Lipinski definition) is 1. The van der Waals surface area contributed by atoms with E-state index in [1.165, 1.54) is 24.4 Å². The van der Waals surface area contributed by atoms with Crippen LogP contribution < -0.4 is 5.43 Å². The largest absolute Gasteiger partial charge is 0.378 e. The molecule has 3 aromatic rings. The van der Waals surface area contributed by atoms with E-state index in [1.807, 2.05) is 35.0 Å². The summed E-state index contributed by atoms with van der Waals surface area (Å²) in [6.07, 6.45) is 3.32.